The molecule has 1 aliphatic rings. The molecule has 0 saturated carbocycles. The first-order valence-electron chi connectivity index (χ1n) is 8.45. The summed E-state index contributed by atoms with van der Waals surface area (Å²) in [4.78, 5) is 9.89. The summed E-state index contributed by atoms with van der Waals surface area (Å²) < 4.78 is 32.8. The Kier molecular flexibility index (Phi) is 5.88. The number of sulfonamides is 1. The van der Waals surface area contributed by atoms with E-state index < -0.39 is 10.0 Å². The molecular formula is C17H21N5O3S2. The van der Waals surface area contributed by atoms with E-state index in [0.29, 0.717) is 23.9 Å². The summed E-state index contributed by atoms with van der Waals surface area (Å²) in [5.74, 6) is 0.0245. The Morgan fingerprint density at radius 3 is 2.33 bits per heavy atom. The molecule has 144 valence electrons. The number of morpholine rings is 1. The summed E-state index contributed by atoms with van der Waals surface area (Å²) in [6, 6.07) is 7.94. The van der Waals surface area contributed by atoms with Crippen LogP contribution in [0.25, 0.3) is 0 Å². The number of aromatic nitrogens is 2. The maximum absolute atomic E-state index is 12.4. The van der Waals surface area contributed by atoms with E-state index in [9.17, 15) is 8.42 Å². The Morgan fingerprint density at radius 2 is 1.74 bits per heavy atom. The van der Waals surface area contributed by atoms with E-state index in [2.05, 4.69) is 20.0 Å². The molecule has 3 rings (SSSR count). The molecule has 1 aromatic carbocycles. The summed E-state index contributed by atoms with van der Waals surface area (Å²) in [6.07, 6.45) is 3.14. The van der Waals surface area contributed by atoms with Crippen molar-refractivity contribution >= 4 is 39.0 Å². The van der Waals surface area contributed by atoms with Gasteiger partial charge in [0.05, 0.1) is 17.1 Å². The van der Waals surface area contributed by atoms with E-state index >= 15 is 0 Å². The van der Waals surface area contributed by atoms with Gasteiger partial charge in [0, 0.05) is 31.2 Å². The molecule has 0 amide bonds. The number of nitrogens with one attached hydrogen (secondary N) is 2. The van der Waals surface area contributed by atoms with Gasteiger partial charge in [-0.1, -0.05) is 0 Å². The van der Waals surface area contributed by atoms with Gasteiger partial charge in [0.2, 0.25) is 5.95 Å². The van der Waals surface area contributed by atoms with Crippen molar-refractivity contribution < 1.29 is 13.2 Å². The molecule has 0 bridgehead atoms. The highest BCUT2D eigenvalue weighted by atomic mass is 32.2. The summed E-state index contributed by atoms with van der Waals surface area (Å²) in [5.41, 5.74) is 0.710. The number of hydrogen-bond donors (Lipinski definition) is 2. The molecule has 2 atom stereocenters. The summed E-state index contributed by atoms with van der Waals surface area (Å²) in [6.45, 7) is 5.44. The second-order valence-electron chi connectivity index (χ2n) is 6.29. The molecule has 0 spiro atoms. The van der Waals surface area contributed by atoms with Gasteiger partial charge in [-0.2, -0.15) is 0 Å². The molecule has 0 radical (unpaired) electrons. The number of nitrogens with zero attached hydrogens (tertiary/aromatic N) is 3. The Morgan fingerprint density at radius 1 is 1.15 bits per heavy atom. The van der Waals surface area contributed by atoms with Crippen molar-refractivity contribution in [3.8, 4) is 0 Å². The van der Waals surface area contributed by atoms with Crippen LogP contribution in [0.2, 0.25) is 0 Å². The lowest BCUT2D eigenvalue weighted by molar-refractivity contribution is -0.0473. The molecule has 2 heterocycles. The molecule has 1 aliphatic heterocycles. The number of rotatable bonds is 4. The maximum Gasteiger partial charge on any atom is 0.264 e. The fourth-order valence-electron chi connectivity index (χ4n) is 2.79. The molecule has 8 nitrogen and oxygen atoms in total. The molecule has 0 aliphatic carbocycles. The number of anilines is 2. The van der Waals surface area contributed by atoms with Gasteiger partial charge in [-0.15, -0.1) is 0 Å². The molecule has 0 unspecified atom stereocenters. The lowest BCUT2D eigenvalue weighted by Gasteiger charge is -2.36. The van der Waals surface area contributed by atoms with Crippen molar-refractivity contribution in [2.45, 2.75) is 31.0 Å². The smallest absolute Gasteiger partial charge is 0.264 e. The van der Waals surface area contributed by atoms with Crippen LogP contribution in [-0.2, 0) is 14.8 Å². The van der Waals surface area contributed by atoms with Crippen molar-refractivity contribution in [3.05, 3.63) is 42.7 Å². The van der Waals surface area contributed by atoms with Gasteiger partial charge in [0.1, 0.15) is 0 Å². The fraction of sp³-hybridized carbons (Fsp3) is 0.353. The second kappa shape index (κ2) is 8.15. The predicted molar refractivity (Wildman–Crippen MR) is 107 cm³/mol. The van der Waals surface area contributed by atoms with Crippen molar-refractivity contribution in [2.24, 2.45) is 0 Å². The Hall–Kier alpha value is -2.30. The zero-order valence-electron chi connectivity index (χ0n) is 15.0. The van der Waals surface area contributed by atoms with Crippen molar-refractivity contribution in [2.75, 3.05) is 23.1 Å². The van der Waals surface area contributed by atoms with Crippen LogP contribution in [0.3, 0.4) is 0 Å². The zero-order valence-corrected chi connectivity index (χ0v) is 16.6. The number of ether oxygens (including phenoxy) is 1. The number of hydrogen-bond acceptors (Lipinski definition) is 6. The van der Waals surface area contributed by atoms with Gasteiger partial charge >= 0.3 is 0 Å². The zero-order chi connectivity index (χ0) is 19.4. The lowest BCUT2D eigenvalue weighted by Crippen LogP contribution is -2.49. The molecule has 10 heteroatoms. The Balaban J connectivity index is 1.65. The first kappa shape index (κ1) is 19.5. The Labute approximate surface area is 164 Å². The van der Waals surface area contributed by atoms with Crippen LogP contribution in [0.4, 0.5) is 11.6 Å². The lowest BCUT2D eigenvalue weighted by atomic mass is 10.2. The van der Waals surface area contributed by atoms with Gasteiger partial charge < -0.3 is 15.0 Å². The van der Waals surface area contributed by atoms with Crippen LogP contribution in [0.5, 0.6) is 0 Å². The van der Waals surface area contributed by atoms with E-state index in [1.165, 1.54) is 24.5 Å². The normalized spacial score (nSPS) is 20.1. The molecular weight excluding hydrogens is 386 g/mol. The number of benzene rings is 1. The van der Waals surface area contributed by atoms with E-state index in [-0.39, 0.29) is 23.1 Å². The largest absolute Gasteiger partial charge is 0.372 e. The van der Waals surface area contributed by atoms with E-state index in [1.807, 2.05) is 18.7 Å². The van der Waals surface area contributed by atoms with Crippen LogP contribution >= 0.6 is 12.2 Å². The van der Waals surface area contributed by atoms with E-state index in [4.69, 9.17) is 17.0 Å². The third kappa shape index (κ3) is 5.12. The van der Waals surface area contributed by atoms with Crippen LogP contribution in [0.15, 0.2) is 47.6 Å². The topological polar surface area (TPSA) is 96.5 Å². The third-order valence-corrected chi connectivity index (χ3v) is 5.62. The molecule has 2 aromatic rings. The fourth-order valence-corrected chi connectivity index (χ4v) is 4.02. The maximum atomic E-state index is 12.4. The van der Waals surface area contributed by atoms with Gasteiger partial charge in [-0.3, -0.25) is 0 Å². The molecule has 1 fully saturated rings. The predicted octanol–water partition coefficient (Wildman–Crippen LogP) is 2.08. The average molecular weight is 408 g/mol. The molecule has 1 aromatic heterocycles. The van der Waals surface area contributed by atoms with Crippen LogP contribution in [-0.4, -0.2) is 53.7 Å². The van der Waals surface area contributed by atoms with Crippen LogP contribution < -0.4 is 10.0 Å². The average Bonchev–Trinajstić information content (AvgIpc) is 2.62. The van der Waals surface area contributed by atoms with Gasteiger partial charge in [-0.05, 0) is 56.4 Å². The first-order valence-corrected chi connectivity index (χ1v) is 10.3. The highest BCUT2D eigenvalue weighted by Crippen LogP contribution is 2.18. The monoisotopic (exact) mass is 407 g/mol. The SMILES string of the molecule is C[C@H]1CN(C(=S)Nc2ccc(S(=O)(=O)Nc3ncccn3)cc2)C[C@H](C)O1. The third-order valence-electron chi connectivity index (χ3n) is 3.91. The molecule has 1 saturated heterocycles. The van der Waals surface area contributed by atoms with Crippen molar-refractivity contribution in [1.82, 2.24) is 14.9 Å². The first-order chi connectivity index (χ1) is 12.8. The standard InChI is InChI=1S/C17H21N5O3S2/c1-12-10-22(11-13(2)25-12)17(26)20-14-4-6-15(7-5-14)27(23,24)21-16-18-8-3-9-19-16/h3-9,12-13H,10-11H2,1-2H3,(H,20,26)(H,18,19,21)/t12-,13-/m0/s1. The number of thiocarbonyl (C=S) groups is 1. The molecule has 27 heavy (non-hydrogen) atoms. The summed E-state index contributed by atoms with van der Waals surface area (Å²) in [7, 11) is -3.76. The quantitative estimate of drug-likeness (QED) is 0.744. The van der Waals surface area contributed by atoms with Crippen molar-refractivity contribution in [1.29, 1.82) is 0 Å². The van der Waals surface area contributed by atoms with E-state index in [1.54, 1.807) is 18.2 Å². The van der Waals surface area contributed by atoms with Gasteiger partial charge in [0.15, 0.2) is 5.11 Å². The molecule has 2 N–H and O–H groups in total. The summed E-state index contributed by atoms with van der Waals surface area (Å²) in [5, 5.41) is 3.73. The van der Waals surface area contributed by atoms with Crippen LogP contribution in [0.1, 0.15) is 13.8 Å². The second-order valence-corrected chi connectivity index (χ2v) is 8.36. The van der Waals surface area contributed by atoms with Crippen molar-refractivity contribution in [3.63, 3.8) is 0 Å². The van der Waals surface area contributed by atoms with Gasteiger partial charge in [0.25, 0.3) is 10.0 Å². The van der Waals surface area contributed by atoms with Gasteiger partial charge in [-0.25, -0.2) is 23.1 Å². The van der Waals surface area contributed by atoms with Crippen LogP contribution in [0, 0.1) is 0 Å². The minimum atomic E-state index is -3.76. The minimum absolute atomic E-state index is 0.0245. The van der Waals surface area contributed by atoms with E-state index in [0.717, 1.165) is 0 Å². The minimum Gasteiger partial charge on any atom is -0.372 e. The highest BCUT2D eigenvalue weighted by molar-refractivity contribution is 7.92. The highest BCUT2D eigenvalue weighted by Gasteiger charge is 2.24. The summed E-state index contributed by atoms with van der Waals surface area (Å²) >= 11 is 5.47. The Bertz CT molecular complexity index is 881.